The lowest BCUT2D eigenvalue weighted by Crippen LogP contribution is -2.52. The number of rotatable bonds is 0. The molecule has 4 unspecified atom stereocenters. The summed E-state index contributed by atoms with van der Waals surface area (Å²) in [4.78, 5) is 5.14. The highest BCUT2D eigenvalue weighted by atomic mass is 16.5. The van der Waals surface area contributed by atoms with E-state index >= 15 is 0 Å². The van der Waals surface area contributed by atoms with Crippen LogP contribution in [0.25, 0.3) is 0 Å². The highest BCUT2D eigenvalue weighted by molar-refractivity contribution is 5.79. The van der Waals surface area contributed by atoms with Gasteiger partial charge in [-0.3, -0.25) is 0 Å². The zero-order chi connectivity index (χ0) is 20.7. The number of hydrogen-bond acceptors (Lipinski definition) is 3. The van der Waals surface area contributed by atoms with Gasteiger partial charge in [-0.25, -0.2) is 0 Å². The first-order valence-corrected chi connectivity index (χ1v) is 11.2. The molecule has 0 amide bonds. The highest BCUT2D eigenvalue weighted by Crippen LogP contribution is 2.52. The van der Waals surface area contributed by atoms with Crippen LogP contribution in [0, 0.1) is 22.7 Å². The van der Waals surface area contributed by atoms with Crippen LogP contribution in [-0.4, -0.2) is 32.0 Å². The SMILES string of the molecule is CN1c2ccccc2N2CC3CC3O[C@H]3C(=CC(C(C)(C)C)=CC3C(C)(C)C)C12. The fourth-order valence-electron chi connectivity index (χ4n) is 5.45. The molecule has 1 saturated heterocycles. The smallest absolute Gasteiger partial charge is 0.127 e. The van der Waals surface area contributed by atoms with Gasteiger partial charge in [-0.2, -0.15) is 0 Å². The molecule has 1 aromatic rings. The zero-order valence-corrected chi connectivity index (χ0v) is 19.1. The van der Waals surface area contributed by atoms with Gasteiger partial charge in [0, 0.05) is 31.0 Å². The first-order chi connectivity index (χ1) is 13.6. The van der Waals surface area contributed by atoms with Gasteiger partial charge in [0.1, 0.15) is 6.17 Å². The molecule has 0 spiro atoms. The van der Waals surface area contributed by atoms with Gasteiger partial charge >= 0.3 is 0 Å². The van der Waals surface area contributed by atoms with Crippen LogP contribution in [-0.2, 0) is 4.74 Å². The Balaban J connectivity index is 1.67. The second-order valence-electron chi connectivity index (χ2n) is 11.6. The number of nitrogens with zero attached hydrogens (tertiary/aromatic N) is 2. The average molecular weight is 393 g/mol. The van der Waals surface area contributed by atoms with E-state index in [1.165, 1.54) is 28.9 Å². The molecule has 3 nitrogen and oxygen atoms in total. The van der Waals surface area contributed by atoms with Crippen molar-refractivity contribution in [3.05, 3.63) is 47.6 Å². The molecule has 4 aliphatic rings. The van der Waals surface area contributed by atoms with Crippen LogP contribution in [0.5, 0.6) is 0 Å². The molecule has 2 heterocycles. The normalized spacial score (nSPS) is 33.6. The molecule has 2 aliphatic heterocycles. The van der Waals surface area contributed by atoms with Gasteiger partial charge < -0.3 is 14.5 Å². The van der Waals surface area contributed by atoms with Crippen LogP contribution in [0.3, 0.4) is 0 Å². The third-order valence-corrected chi connectivity index (χ3v) is 7.34. The molecule has 156 valence electrons. The summed E-state index contributed by atoms with van der Waals surface area (Å²) in [5.41, 5.74) is 5.90. The van der Waals surface area contributed by atoms with Crippen molar-refractivity contribution in [1.82, 2.24) is 0 Å². The maximum atomic E-state index is 6.86. The molecule has 1 aromatic carbocycles. The minimum absolute atomic E-state index is 0.126. The third-order valence-electron chi connectivity index (χ3n) is 7.34. The van der Waals surface area contributed by atoms with Crippen LogP contribution in [0.1, 0.15) is 48.0 Å². The summed E-state index contributed by atoms with van der Waals surface area (Å²) in [6.45, 7) is 15.2. The summed E-state index contributed by atoms with van der Waals surface area (Å²) in [5.74, 6) is 1.04. The lowest BCUT2D eigenvalue weighted by atomic mass is 9.68. The van der Waals surface area contributed by atoms with Crippen LogP contribution in [0.15, 0.2) is 47.6 Å². The first-order valence-electron chi connectivity index (χ1n) is 11.2. The Morgan fingerprint density at radius 3 is 2.34 bits per heavy atom. The van der Waals surface area contributed by atoms with Gasteiger partial charge in [-0.1, -0.05) is 65.8 Å². The molecular weight excluding hydrogens is 356 g/mol. The standard InChI is InChI=1S/C26H36N2O/c1-25(2,3)17-13-18-23(19(14-17)26(4,5)6)29-22-12-16(22)15-28-21-11-9-8-10-20(21)27(7)24(18)28/h8-11,13-14,16,19,22-24H,12,15H2,1-7H3/t16?,19?,22?,23-,24?/m0/s1. The maximum absolute atomic E-state index is 6.86. The Bertz CT molecular complexity index is 885. The molecule has 5 atom stereocenters. The molecule has 0 radical (unpaired) electrons. The zero-order valence-electron chi connectivity index (χ0n) is 19.1. The summed E-state index contributed by atoms with van der Waals surface area (Å²) >= 11 is 0. The third kappa shape index (κ3) is 3.04. The van der Waals surface area contributed by atoms with E-state index in [9.17, 15) is 0 Å². The van der Waals surface area contributed by atoms with Crippen molar-refractivity contribution in [3.63, 3.8) is 0 Å². The quantitative estimate of drug-likeness (QED) is 0.569. The van der Waals surface area contributed by atoms with E-state index in [0.717, 1.165) is 6.54 Å². The fraction of sp³-hybridized carbons (Fsp3) is 0.615. The Morgan fingerprint density at radius 2 is 1.69 bits per heavy atom. The van der Waals surface area contributed by atoms with Crippen molar-refractivity contribution >= 4 is 11.4 Å². The molecule has 3 heteroatoms. The van der Waals surface area contributed by atoms with Gasteiger partial charge in [0.25, 0.3) is 0 Å². The molecule has 29 heavy (non-hydrogen) atoms. The summed E-state index contributed by atoms with van der Waals surface area (Å²) in [6, 6.07) is 8.91. The molecule has 1 saturated carbocycles. The van der Waals surface area contributed by atoms with Crippen molar-refractivity contribution in [2.75, 3.05) is 23.4 Å². The molecule has 2 fully saturated rings. The molecule has 5 rings (SSSR count). The molecular formula is C26H36N2O. The van der Waals surface area contributed by atoms with Crippen molar-refractivity contribution in [1.29, 1.82) is 0 Å². The van der Waals surface area contributed by atoms with E-state index in [1.807, 2.05) is 0 Å². The van der Waals surface area contributed by atoms with E-state index in [0.29, 0.717) is 17.9 Å². The van der Waals surface area contributed by atoms with Crippen molar-refractivity contribution in [2.45, 2.75) is 66.3 Å². The fourth-order valence-corrected chi connectivity index (χ4v) is 5.45. The molecule has 2 aliphatic carbocycles. The Kier molecular flexibility index (Phi) is 4.07. The number of anilines is 2. The van der Waals surface area contributed by atoms with E-state index in [1.54, 1.807) is 0 Å². The number of para-hydroxylation sites is 2. The minimum atomic E-state index is 0.126. The second kappa shape index (κ2) is 6.14. The van der Waals surface area contributed by atoms with Crippen LogP contribution >= 0.6 is 0 Å². The number of likely N-dealkylation sites (N-methyl/N-ethyl adjacent to an activating group) is 1. The Morgan fingerprint density at radius 1 is 1.00 bits per heavy atom. The Labute approximate surface area is 176 Å². The van der Waals surface area contributed by atoms with E-state index in [-0.39, 0.29) is 23.1 Å². The maximum Gasteiger partial charge on any atom is 0.127 e. The predicted octanol–water partition coefficient (Wildman–Crippen LogP) is 5.63. The number of ether oxygens (including phenoxy) is 1. The van der Waals surface area contributed by atoms with Crippen LogP contribution < -0.4 is 9.80 Å². The largest absolute Gasteiger partial charge is 0.369 e. The number of fused-ring (bicyclic) bond motifs is 6. The lowest BCUT2D eigenvalue weighted by molar-refractivity contribution is -0.00747. The average Bonchev–Trinajstić information content (AvgIpc) is 3.28. The van der Waals surface area contributed by atoms with Gasteiger partial charge in [0.15, 0.2) is 0 Å². The number of benzene rings is 1. The molecule has 0 aromatic heterocycles. The second-order valence-corrected chi connectivity index (χ2v) is 11.6. The van der Waals surface area contributed by atoms with Crippen LogP contribution in [0.4, 0.5) is 11.4 Å². The van der Waals surface area contributed by atoms with Crippen molar-refractivity contribution in [3.8, 4) is 0 Å². The molecule has 0 bridgehead atoms. The van der Waals surface area contributed by atoms with E-state index in [2.05, 4.69) is 94.8 Å². The molecule has 0 N–H and O–H groups in total. The van der Waals surface area contributed by atoms with Crippen LogP contribution in [0.2, 0.25) is 0 Å². The van der Waals surface area contributed by atoms with Gasteiger partial charge in [-0.15, -0.1) is 0 Å². The van der Waals surface area contributed by atoms with E-state index < -0.39 is 0 Å². The summed E-state index contributed by atoms with van der Waals surface area (Å²) in [6.07, 6.45) is 7.02. The topological polar surface area (TPSA) is 15.7 Å². The summed E-state index contributed by atoms with van der Waals surface area (Å²) < 4.78 is 6.86. The Hall–Kier alpha value is -1.74. The predicted molar refractivity (Wildman–Crippen MR) is 121 cm³/mol. The van der Waals surface area contributed by atoms with Gasteiger partial charge in [0.2, 0.25) is 0 Å². The van der Waals surface area contributed by atoms with E-state index in [4.69, 9.17) is 4.74 Å². The lowest BCUT2D eigenvalue weighted by Gasteiger charge is -2.46. The van der Waals surface area contributed by atoms with Crippen molar-refractivity contribution in [2.24, 2.45) is 22.7 Å². The first kappa shape index (κ1) is 19.2. The van der Waals surface area contributed by atoms with Gasteiger partial charge in [0.05, 0.1) is 23.6 Å². The summed E-state index contributed by atoms with van der Waals surface area (Å²) in [7, 11) is 2.26. The van der Waals surface area contributed by atoms with Crippen molar-refractivity contribution < 1.29 is 4.74 Å². The minimum Gasteiger partial charge on any atom is -0.369 e. The highest BCUT2D eigenvalue weighted by Gasteiger charge is 2.53. The van der Waals surface area contributed by atoms with Gasteiger partial charge in [-0.05, 0) is 35.0 Å². The number of allylic oxidation sites excluding steroid dienone is 2. The number of hydrogen-bond donors (Lipinski definition) is 0. The monoisotopic (exact) mass is 392 g/mol. The summed E-state index contributed by atoms with van der Waals surface area (Å²) in [5, 5.41) is 0.